The first kappa shape index (κ1) is 21.0. The maximum Gasteiger partial charge on any atom is 0.270 e. The van der Waals surface area contributed by atoms with Crippen molar-refractivity contribution in [1.82, 2.24) is 4.31 Å². The van der Waals surface area contributed by atoms with E-state index in [9.17, 15) is 18.5 Å². The van der Waals surface area contributed by atoms with E-state index >= 15 is 0 Å². The van der Waals surface area contributed by atoms with Crippen LogP contribution in [-0.2, 0) is 14.8 Å². The van der Waals surface area contributed by atoms with Gasteiger partial charge in [-0.15, -0.1) is 0 Å². The first-order valence-corrected chi connectivity index (χ1v) is 10.9. The third-order valence-corrected chi connectivity index (χ3v) is 6.84. The van der Waals surface area contributed by atoms with Gasteiger partial charge in [-0.25, -0.2) is 8.42 Å². The SMILES string of the molecule is C/C(=N\Nc1ccc([N+](=O)[O-])cc1S(=O)(=O)N1CCOCC1)c1ccc2c(c1)OCO2. The highest BCUT2D eigenvalue weighted by Gasteiger charge is 2.30. The molecule has 0 spiro atoms. The number of rotatable bonds is 6. The van der Waals surface area contributed by atoms with E-state index in [-0.39, 0.29) is 49.4 Å². The molecule has 0 radical (unpaired) electrons. The minimum Gasteiger partial charge on any atom is -0.454 e. The number of morpholine rings is 1. The zero-order valence-corrected chi connectivity index (χ0v) is 17.4. The van der Waals surface area contributed by atoms with Crippen molar-refractivity contribution < 1.29 is 27.6 Å². The van der Waals surface area contributed by atoms with Crippen LogP contribution in [0, 0.1) is 10.1 Å². The van der Waals surface area contributed by atoms with Crippen molar-refractivity contribution in [2.75, 3.05) is 38.5 Å². The lowest BCUT2D eigenvalue weighted by Gasteiger charge is -2.26. The highest BCUT2D eigenvalue weighted by atomic mass is 32.2. The van der Waals surface area contributed by atoms with Crippen molar-refractivity contribution in [3.8, 4) is 11.5 Å². The van der Waals surface area contributed by atoms with Gasteiger partial charge in [0.15, 0.2) is 11.5 Å². The smallest absolute Gasteiger partial charge is 0.270 e. The van der Waals surface area contributed by atoms with Crippen LogP contribution in [0.1, 0.15) is 12.5 Å². The molecule has 0 aliphatic carbocycles. The van der Waals surface area contributed by atoms with Crippen LogP contribution in [0.2, 0.25) is 0 Å². The normalized spacial score (nSPS) is 16.9. The second-order valence-electron chi connectivity index (χ2n) is 6.83. The van der Waals surface area contributed by atoms with E-state index < -0.39 is 14.9 Å². The highest BCUT2D eigenvalue weighted by Crippen LogP contribution is 2.33. The molecule has 0 unspecified atom stereocenters. The van der Waals surface area contributed by atoms with E-state index in [1.54, 1.807) is 25.1 Å². The molecule has 1 saturated heterocycles. The fourth-order valence-corrected chi connectivity index (χ4v) is 4.76. The number of anilines is 1. The number of nitrogens with zero attached hydrogens (tertiary/aromatic N) is 3. The summed E-state index contributed by atoms with van der Waals surface area (Å²) in [5, 5.41) is 15.5. The van der Waals surface area contributed by atoms with Crippen molar-refractivity contribution in [3.05, 3.63) is 52.1 Å². The standard InChI is InChI=1S/C19H20N4O7S/c1-13(14-2-5-17-18(10-14)30-12-29-17)20-21-16-4-3-15(23(24)25)11-19(16)31(26,27)22-6-8-28-9-7-22/h2-5,10-11,21H,6-9,12H2,1H3/b20-13+. The maximum atomic E-state index is 13.2. The zero-order chi connectivity index (χ0) is 22.0. The molecule has 0 saturated carbocycles. The summed E-state index contributed by atoms with van der Waals surface area (Å²) in [6.45, 7) is 2.76. The predicted molar refractivity (Wildman–Crippen MR) is 111 cm³/mol. The molecular formula is C19H20N4O7S. The summed E-state index contributed by atoms with van der Waals surface area (Å²) in [6, 6.07) is 8.93. The van der Waals surface area contributed by atoms with Crippen LogP contribution in [0.15, 0.2) is 46.4 Å². The number of non-ortho nitro benzene ring substituents is 1. The first-order chi connectivity index (χ1) is 14.9. The number of benzene rings is 2. The molecular weight excluding hydrogens is 428 g/mol. The van der Waals surface area contributed by atoms with Gasteiger partial charge in [-0.05, 0) is 31.2 Å². The molecule has 2 aromatic carbocycles. The minimum absolute atomic E-state index is 0.136. The average Bonchev–Trinajstić information content (AvgIpc) is 3.25. The second-order valence-corrected chi connectivity index (χ2v) is 8.74. The quantitative estimate of drug-likeness (QED) is 0.404. The topological polar surface area (TPSA) is 133 Å². The van der Waals surface area contributed by atoms with Crippen LogP contribution in [0.4, 0.5) is 11.4 Å². The van der Waals surface area contributed by atoms with Crippen molar-refractivity contribution in [1.29, 1.82) is 0 Å². The van der Waals surface area contributed by atoms with Crippen LogP contribution in [0.25, 0.3) is 0 Å². The van der Waals surface area contributed by atoms with Crippen LogP contribution in [0.5, 0.6) is 11.5 Å². The molecule has 2 heterocycles. The minimum atomic E-state index is -3.99. The van der Waals surface area contributed by atoms with Gasteiger partial charge < -0.3 is 14.2 Å². The maximum absolute atomic E-state index is 13.2. The number of ether oxygens (including phenoxy) is 3. The average molecular weight is 448 g/mol. The lowest BCUT2D eigenvalue weighted by atomic mass is 10.1. The Labute approximate surface area is 178 Å². The zero-order valence-electron chi connectivity index (χ0n) is 16.6. The van der Waals surface area contributed by atoms with Gasteiger partial charge in [0.05, 0.1) is 29.5 Å². The Bertz CT molecular complexity index is 1140. The summed E-state index contributed by atoms with van der Waals surface area (Å²) in [4.78, 5) is 10.4. The molecule has 2 aromatic rings. The van der Waals surface area contributed by atoms with Gasteiger partial charge in [-0.1, -0.05) is 0 Å². The highest BCUT2D eigenvalue weighted by molar-refractivity contribution is 7.89. The summed E-state index contributed by atoms with van der Waals surface area (Å²) in [6.07, 6.45) is 0. The number of nitro groups is 1. The van der Waals surface area contributed by atoms with Crippen molar-refractivity contribution in [3.63, 3.8) is 0 Å². The summed E-state index contributed by atoms with van der Waals surface area (Å²) < 4.78 is 43.4. The number of hydrazone groups is 1. The van der Waals surface area contributed by atoms with E-state index in [0.29, 0.717) is 17.2 Å². The molecule has 0 aromatic heterocycles. The molecule has 164 valence electrons. The Balaban J connectivity index is 1.66. The molecule has 0 bridgehead atoms. The van der Waals surface area contributed by atoms with E-state index in [4.69, 9.17) is 14.2 Å². The van der Waals surface area contributed by atoms with Crippen molar-refractivity contribution >= 4 is 27.1 Å². The Morgan fingerprint density at radius 1 is 1.13 bits per heavy atom. The molecule has 1 N–H and O–H groups in total. The van der Waals surface area contributed by atoms with E-state index in [2.05, 4.69) is 10.5 Å². The van der Waals surface area contributed by atoms with E-state index in [0.717, 1.165) is 11.6 Å². The van der Waals surface area contributed by atoms with Crippen LogP contribution < -0.4 is 14.9 Å². The van der Waals surface area contributed by atoms with Crippen molar-refractivity contribution in [2.45, 2.75) is 11.8 Å². The van der Waals surface area contributed by atoms with Gasteiger partial charge in [0.1, 0.15) is 4.90 Å². The molecule has 2 aliphatic rings. The number of nitrogens with one attached hydrogen (secondary N) is 1. The number of hydrogen-bond acceptors (Lipinski definition) is 9. The van der Waals surface area contributed by atoms with Crippen LogP contribution in [-0.4, -0.2) is 56.5 Å². The molecule has 0 amide bonds. The van der Waals surface area contributed by atoms with Crippen LogP contribution in [0.3, 0.4) is 0 Å². The van der Waals surface area contributed by atoms with E-state index in [1.807, 2.05) is 0 Å². The number of fused-ring (bicyclic) bond motifs is 1. The van der Waals surface area contributed by atoms with Gasteiger partial charge in [0, 0.05) is 30.8 Å². The first-order valence-electron chi connectivity index (χ1n) is 9.43. The van der Waals surface area contributed by atoms with Gasteiger partial charge in [-0.2, -0.15) is 9.41 Å². The third-order valence-electron chi connectivity index (χ3n) is 4.90. The van der Waals surface area contributed by atoms with Crippen molar-refractivity contribution in [2.24, 2.45) is 5.10 Å². The number of nitro benzene ring substituents is 1. The second kappa shape index (κ2) is 8.49. The van der Waals surface area contributed by atoms with Gasteiger partial charge in [0.2, 0.25) is 16.8 Å². The van der Waals surface area contributed by atoms with Gasteiger partial charge >= 0.3 is 0 Å². The molecule has 0 atom stereocenters. The molecule has 2 aliphatic heterocycles. The monoisotopic (exact) mass is 448 g/mol. The Morgan fingerprint density at radius 2 is 1.87 bits per heavy atom. The fraction of sp³-hybridized carbons (Fsp3) is 0.316. The van der Waals surface area contributed by atoms with E-state index in [1.165, 1.54) is 16.4 Å². The largest absolute Gasteiger partial charge is 0.454 e. The van der Waals surface area contributed by atoms with Gasteiger partial charge in [0.25, 0.3) is 5.69 Å². The summed E-state index contributed by atoms with van der Waals surface area (Å²) in [7, 11) is -3.99. The number of sulfonamides is 1. The Kier molecular flexibility index (Phi) is 5.76. The van der Waals surface area contributed by atoms with Gasteiger partial charge in [-0.3, -0.25) is 15.5 Å². The number of hydrogen-bond donors (Lipinski definition) is 1. The predicted octanol–water partition coefficient (Wildman–Crippen LogP) is 2.18. The molecule has 11 nitrogen and oxygen atoms in total. The summed E-state index contributed by atoms with van der Waals surface area (Å²) in [5.41, 5.74) is 3.87. The molecule has 12 heteroatoms. The molecule has 4 rings (SSSR count). The summed E-state index contributed by atoms with van der Waals surface area (Å²) >= 11 is 0. The summed E-state index contributed by atoms with van der Waals surface area (Å²) in [5.74, 6) is 1.23. The van der Waals surface area contributed by atoms with Crippen LogP contribution >= 0.6 is 0 Å². The molecule has 31 heavy (non-hydrogen) atoms. The Morgan fingerprint density at radius 3 is 2.61 bits per heavy atom. The lowest BCUT2D eigenvalue weighted by Crippen LogP contribution is -2.40. The fourth-order valence-electron chi connectivity index (χ4n) is 3.19. The lowest BCUT2D eigenvalue weighted by molar-refractivity contribution is -0.385. The molecule has 1 fully saturated rings. The Hall–Kier alpha value is -3.22. The third kappa shape index (κ3) is 4.31.